The van der Waals surface area contributed by atoms with Crippen molar-refractivity contribution < 1.29 is 0 Å². The Morgan fingerprint density at radius 2 is 2.15 bits per heavy atom. The Labute approximate surface area is 90.6 Å². The molecule has 2 heterocycles. The van der Waals surface area contributed by atoms with Crippen molar-refractivity contribution in [3.8, 4) is 9.75 Å². The van der Waals surface area contributed by atoms with Crippen LogP contribution in [0.3, 0.4) is 0 Å². The van der Waals surface area contributed by atoms with E-state index in [-0.39, 0.29) is 0 Å². The second-order valence-electron chi connectivity index (χ2n) is 2.53. The number of hydrogen-bond donors (Lipinski definition) is 0. The zero-order chi connectivity index (χ0) is 9.10. The van der Waals surface area contributed by atoms with Gasteiger partial charge in [0.2, 0.25) is 0 Å². The highest BCUT2D eigenvalue weighted by Crippen LogP contribution is 2.35. The van der Waals surface area contributed by atoms with E-state index < -0.39 is 0 Å². The van der Waals surface area contributed by atoms with Crippen molar-refractivity contribution in [2.45, 2.75) is 11.1 Å². The first-order valence-corrected chi connectivity index (χ1v) is 6.85. The standard InChI is InChI=1S/C10H10S3/c1-2-11-10-6-5-9(13-10)8-4-3-7-12-8/h3-7H,2H2,1H3. The van der Waals surface area contributed by atoms with E-state index in [1.807, 2.05) is 34.4 Å². The van der Waals surface area contributed by atoms with Crippen molar-refractivity contribution in [1.29, 1.82) is 0 Å². The van der Waals surface area contributed by atoms with Crippen LogP contribution >= 0.6 is 34.4 Å². The van der Waals surface area contributed by atoms with Crippen LogP contribution < -0.4 is 0 Å². The minimum absolute atomic E-state index is 1.16. The molecule has 3 heteroatoms. The van der Waals surface area contributed by atoms with E-state index in [1.54, 1.807) is 0 Å². The molecule has 0 fully saturated rings. The molecule has 68 valence electrons. The Bertz CT molecular complexity index is 359. The van der Waals surface area contributed by atoms with Gasteiger partial charge in [-0.05, 0) is 29.3 Å². The third-order valence-electron chi connectivity index (χ3n) is 1.63. The predicted molar refractivity (Wildman–Crippen MR) is 64.0 cm³/mol. The van der Waals surface area contributed by atoms with E-state index in [4.69, 9.17) is 0 Å². The Balaban J connectivity index is 2.23. The average molecular weight is 226 g/mol. The zero-order valence-electron chi connectivity index (χ0n) is 7.32. The molecule has 0 nitrogen and oxygen atoms in total. The third-order valence-corrected chi connectivity index (χ3v) is 4.89. The molecule has 0 aliphatic carbocycles. The molecule has 13 heavy (non-hydrogen) atoms. The summed E-state index contributed by atoms with van der Waals surface area (Å²) in [6, 6.07) is 8.71. The number of thiophene rings is 2. The average Bonchev–Trinajstić information content (AvgIpc) is 2.70. The van der Waals surface area contributed by atoms with Gasteiger partial charge in [-0.2, -0.15) is 0 Å². The van der Waals surface area contributed by atoms with Gasteiger partial charge in [-0.25, -0.2) is 0 Å². The van der Waals surface area contributed by atoms with Crippen LogP contribution in [0.5, 0.6) is 0 Å². The largest absolute Gasteiger partial charge is 0.143 e. The SMILES string of the molecule is CCSc1ccc(-c2cccs2)s1. The molecule has 0 bridgehead atoms. The van der Waals surface area contributed by atoms with Crippen LogP contribution in [0.2, 0.25) is 0 Å². The summed E-state index contributed by atoms with van der Waals surface area (Å²) in [6.07, 6.45) is 0. The lowest BCUT2D eigenvalue weighted by atomic mass is 10.4. The molecule has 2 rings (SSSR count). The van der Waals surface area contributed by atoms with Crippen LogP contribution in [0.25, 0.3) is 9.75 Å². The highest BCUT2D eigenvalue weighted by molar-refractivity contribution is 8.01. The van der Waals surface area contributed by atoms with E-state index in [0.717, 1.165) is 5.75 Å². The van der Waals surface area contributed by atoms with Crippen molar-refractivity contribution in [3.05, 3.63) is 29.6 Å². The lowest BCUT2D eigenvalue weighted by molar-refractivity contribution is 1.51. The van der Waals surface area contributed by atoms with Gasteiger partial charge in [0.15, 0.2) is 0 Å². The smallest absolute Gasteiger partial charge is 0.0605 e. The van der Waals surface area contributed by atoms with Crippen LogP contribution in [0.1, 0.15) is 6.92 Å². The first kappa shape index (κ1) is 9.31. The molecule has 2 aromatic rings. The van der Waals surface area contributed by atoms with Gasteiger partial charge in [0, 0.05) is 9.75 Å². The van der Waals surface area contributed by atoms with E-state index in [1.165, 1.54) is 14.0 Å². The molecule has 0 aliphatic heterocycles. The van der Waals surface area contributed by atoms with E-state index in [0.29, 0.717) is 0 Å². The first-order valence-electron chi connectivity index (χ1n) is 4.16. The summed E-state index contributed by atoms with van der Waals surface area (Å²) in [4.78, 5) is 2.78. The van der Waals surface area contributed by atoms with Gasteiger partial charge in [-0.15, -0.1) is 34.4 Å². The molecule has 0 aromatic carbocycles. The monoisotopic (exact) mass is 226 g/mol. The fourth-order valence-corrected chi connectivity index (χ4v) is 3.97. The fraction of sp³-hybridized carbons (Fsp3) is 0.200. The van der Waals surface area contributed by atoms with Crippen molar-refractivity contribution in [2.24, 2.45) is 0 Å². The highest BCUT2D eigenvalue weighted by Gasteiger charge is 2.02. The summed E-state index contributed by atoms with van der Waals surface area (Å²) in [6.45, 7) is 2.19. The zero-order valence-corrected chi connectivity index (χ0v) is 9.77. The van der Waals surface area contributed by atoms with Crippen molar-refractivity contribution in [3.63, 3.8) is 0 Å². The topological polar surface area (TPSA) is 0 Å². The van der Waals surface area contributed by atoms with Gasteiger partial charge in [-0.1, -0.05) is 13.0 Å². The molecule has 2 aromatic heterocycles. The van der Waals surface area contributed by atoms with Crippen molar-refractivity contribution >= 4 is 34.4 Å². The van der Waals surface area contributed by atoms with Crippen molar-refractivity contribution in [2.75, 3.05) is 5.75 Å². The van der Waals surface area contributed by atoms with Crippen LogP contribution in [0.4, 0.5) is 0 Å². The Morgan fingerprint density at radius 1 is 1.23 bits per heavy atom. The summed E-state index contributed by atoms with van der Waals surface area (Å²) in [5, 5.41) is 2.13. The van der Waals surface area contributed by atoms with Crippen LogP contribution in [-0.2, 0) is 0 Å². The molecule has 0 saturated heterocycles. The Kier molecular flexibility index (Phi) is 3.09. The summed E-state index contributed by atoms with van der Waals surface area (Å²) in [7, 11) is 0. The van der Waals surface area contributed by atoms with E-state index in [9.17, 15) is 0 Å². The quantitative estimate of drug-likeness (QED) is 0.690. The summed E-state index contributed by atoms with van der Waals surface area (Å²) in [5.74, 6) is 1.16. The molecule has 0 spiro atoms. The Hall–Kier alpha value is -0.250. The second kappa shape index (κ2) is 4.31. The van der Waals surface area contributed by atoms with Crippen molar-refractivity contribution in [1.82, 2.24) is 0 Å². The van der Waals surface area contributed by atoms with Gasteiger partial charge in [0.25, 0.3) is 0 Å². The first-order chi connectivity index (χ1) is 6.40. The summed E-state index contributed by atoms with van der Waals surface area (Å²) < 4.78 is 1.42. The van der Waals surface area contributed by atoms with Gasteiger partial charge in [0.1, 0.15) is 0 Å². The number of rotatable bonds is 3. The maximum absolute atomic E-state index is 2.22. The summed E-state index contributed by atoms with van der Waals surface area (Å²) >= 11 is 5.61. The van der Waals surface area contributed by atoms with Crippen LogP contribution in [0, 0.1) is 0 Å². The van der Waals surface area contributed by atoms with Crippen LogP contribution in [-0.4, -0.2) is 5.75 Å². The molecule has 0 N–H and O–H groups in total. The van der Waals surface area contributed by atoms with E-state index >= 15 is 0 Å². The second-order valence-corrected chi connectivity index (χ2v) is 6.12. The van der Waals surface area contributed by atoms with E-state index in [2.05, 4.69) is 36.6 Å². The van der Waals surface area contributed by atoms with Gasteiger partial charge >= 0.3 is 0 Å². The Morgan fingerprint density at radius 3 is 2.85 bits per heavy atom. The highest BCUT2D eigenvalue weighted by atomic mass is 32.2. The maximum Gasteiger partial charge on any atom is 0.0605 e. The van der Waals surface area contributed by atoms with Gasteiger partial charge < -0.3 is 0 Å². The molecule has 0 unspecified atom stereocenters. The lowest BCUT2D eigenvalue weighted by Gasteiger charge is -1.89. The van der Waals surface area contributed by atoms with Gasteiger partial charge in [0.05, 0.1) is 4.21 Å². The van der Waals surface area contributed by atoms with Gasteiger partial charge in [-0.3, -0.25) is 0 Å². The lowest BCUT2D eigenvalue weighted by Crippen LogP contribution is -1.60. The number of hydrogen-bond acceptors (Lipinski definition) is 3. The predicted octanol–water partition coefficient (Wildman–Crippen LogP) is 4.59. The molecule has 0 amide bonds. The normalized spacial score (nSPS) is 10.5. The number of thioether (sulfide) groups is 1. The molecule has 0 atom stereocenters. The third kappa shape index (κ3) is 2.16. The maximum atomic E-state index is 2.22. The summed E-state index contributed by atoms with van der Waals surface area (Å²) in [5.41, 5.74) is 0. The fourth-order valence-electron chi connectivity index (χ4n) is 1.09. The molecule has 0 saturated carbocycles. The minimum atomic E-state index is 1.16. The molecular weight excluding hydrogens is 216 g/mol. The van der Waals surface area contributed by atoms with Crippen LogP contribution in [0.15, 0.2) is 33.9 Å². The molecule has 0 aliphatic rings. The molecular formula is C10H10S3. The molecule has 0 radical (unpaired) electrons. The minimum Gasteiger partial charge on any atom is -0.143 e.